The van der Waals surface area contributed by atoms with E-state index in [2.05, 4.69) is 26.3 Å². The molecule has 6 heteroatoms. The van der Waals surface area contributed by atoms with Crippen molar-refractivity contribution < 1.29 is 9.53 Å². The molecule has 0 radical (unpaired) electrons. The molecule has 4 fully saturated rings. The zero-order valence-corrected chi connectivity index (χ0v) is 17.5. The Balaban J connectivity index is 1.16. The molecule has 0 atom stereocenters. The minimum absolute atomic E-state index is 0.135. The molecule has 0 spiro atoms. The van der Waals surface area contributed by atoms with E-state index in [1.165, 1.54) is 38.5 Å². The number of hydrogen-bond donors (Lipinski definition) is 1. The summed E-state index contributed by atoms with van der Waals surface area (Å²) in [6.45, 7) is 0.312. The average molecular weight is 444 g/mol. The molecular formula is C22H26BrN3O2. The van der Waals surface area contributed by atoms with Gasteiger partial charge in [-0.15, -0.1) is 0 Å². The van der Waals surface area contributed by atoms with Crippen molar-refractivity contribution in [3.05, 3.63) is 41.1 Å². The van der Waals surface area contributed by atoms with Gasteiger partial charge in [-0.2, -0.15) is 5.10 Å². The maximum Gasteiger partial charge on any atom is 0.225 e. The molecule has 4 aliphatic carbocycles. The fourth-order valence-corrected chi connectivity index (χ4v) is 6.49. The zero-order valence-electron chi connectivity index (χ0n) is 15.9. The maximum atomic E-state index is 12.7. The van der Waals surface area contributed by atoms with Gasteiger partial charge in [-0.25, -0.2) is 4.68 Å². The van der Waals surface area contributed by atoms with E-state index in [0.29, 0.717) is 13.2 Å². The predicted molar refractivity (Wildman–Crippen MR) is 111 cm³/mol. The number of rotatable bonds is 6. The first kappa shape index (κ1) is 18.2. The Hall–Kier alpha value is -1.82. The van der Waals surface area contributed by atoms with Crippen LogP contribution in [-0.4, -0.2) is 15.7 Å². The summed E-state index contributed by atoms with van der Waals surface area (Å²) in [4.78, 5) is 12.7. The van der Waals surface area contributed by atoms with Gasteiger partial charge in [0.2, 0.25) is 5.91 Å². The van der Waals surface area contributed by atoms with Gasteiger partial charge in [-0.3, -0.25) is 4.79 Å². The summed E-state index contributed by atoms with van der Waals surface area (Å²) in [5.74, 6) is 3.54. The number of anilines is 1. The summed E-state index contributed by atoms with van der Waals surface area (Å²) < 4.78 is 8.44. The average Bonchev–Trinajstić information content (AvgIpc) is 3.06. The summed E-state index contributed by atoms with van der Waals surface area (Å²) in [6.07, 6.45) is 12.2. The molecule has 4 bridgehead atoms. The lowest BCUT2D eigenvalue weighted by Crippen LogP contribution is -2.47. The van der Waals surface area contributed by atoms with Crippen LogP contribution in [0.25, 0.3) is 0 Å². The molecule has 1 N–H and O–H groups in total. The van der Waals surface area contributed by atoms with Crippen LogP contribution in [0.15, 0.2) is 41.1 Å². The minimum atomic E-state index is 0.135. The lowest BCUT2D eigenvalue weighted by molar-refractivity contribution is -0.124. The molecule has 28 heavy (non-hydrogen) atoms. The van der Waals surface area contributed by atoms with E-state index in [4.69, 9.17) is 4.74 Å². The molecule has 5 nitrogen and oxygen atoms in total. The molecule has 1 aromatic heterocycles. The van der Waals surface area contributed by atoms with Gasteiger partial charge in [0.25, 0.3) is 0 Å². The van der Waals surface area contributed by atoms with Gasteiger partial charge in [0.1, 0.15) is 5.75 Å². The van der Waals surface area contributed by atoms with E-state index in [-0.39, 0.29) is 11.3 Å². The van der Waals surface area contributed by atoms with Crippen LogP contribution in [0.4, 0.5) is 5.69 Å². The Morgan fingerprint density at radius 2 is 1.79 bits per heavy atom. The molecule has 0 aliphatic heterocycles. The molecule has 4 aliphatic rings. The van der Waals surface area contributed by atoms with Crippen LogP contribution in [0, 0.1) is 23.2 Å². The van der Waals surface area contributed by atoms with Gasteiger partial charge in [-0.05, 0) is 86.0 Å². The first-order valence-electron chi connectivity index (χ1n) is 10.3. The van der Waals surface area contributed by atoms with Crippen LogP contribution in [0.1, 0.15) is 44.9 Å². The highest BCUT2D eigenvalue weighted by Gasteiger charge is 2.51. The number of benzene rings is 1. The van der Waals surface area contributed by atoms with Gasteiger partial charge in [0.15, 0.2) is 6.73 Å². The van der Waals surface area contributed by atoms with Gasteiger partial charge in [0, 0.05) is 10.9 Å². The summed E-state index contributed by atoms with van der Waals surface area (Å²) in [7, 11) is 0. The van der Waals surface area contributed by atoms with Crippen LogP contribution < -0.4 is 10.1 Å². The fraction of sp³-hybridized carbons (Fsp3) is 0.545. The third-order valence-electron chi connectivity index (χ3n) is 6.79. The number of halogens is 1. The Morgan fingerprint density at radius 1 is 1.14 bits per heavy atom. The minimum Gasteiger partial charge on any atom is -0.471 e. The molecule has 4 saturated carbocycles. The summed E-state index contributed by atoms with van der Waals surface area (Å²) in [5.41, 5.74) is 1.01. The van der Waals surface area contributed by atoms with Crippen LogP contribution in [0.5, 0.6) is 5.75 Å². The normalized spacial score (nSPS) is 30.4. The molecule has 2 aromatic rings. The smallest absolute Gasteiger partial charge is 0.225 e. The van der Waals surface area contributed by atoms with Crippen molar-refractivity contribution in [2.24, 2.45) is 23.2 Å². The molecule has 0 unspecified atom stereocenters. The highest BCUT2D eigenvalue weighted by molar-refractivity contribution is 9.10. The number of hydrogen-bond acceptors (Lipinski definition) is 3. The van der Waals surface area contributed by atoms with Crippen molar-refractivity contribution in [2.75, 3.05) is 5.32 Å². The Bertz CT molecular complexity index is 826. The molecule has 6 rings (SSSR count). The van der Waals surface area contributed by atoms with Gasteiger partial charge in [0.05, 0.1) is 18.1 Å². The Labute approximate surface area is 174 Å². The second-order valence-corrected chi connectivity index (χ2v) is 10.1. The highest BCUT2D eigenvalue weighted by Crippen LogP contribution is 2.61. The van der Waals surface area contributed by atoms with Gasteiger partial charge < -0.3 is 10.1 Å². The van der Waals surface area contributed by atoms with Crippen LogP contribution in [0.2, 0.25) is 0 Å². The third-order valence-corrected chi connectivity index (χ3v) is 7.32. The van der Waals surface area contributed by atoms with E-state index in [0.717, 1.165) is 33.7 Å². The first-order valence-corrected chi connectivity index (χ1v) is 11.1. The fourth-order valence-electron chi connectivity index (χ4n) is 6.22. The SMILES string of the molecule is O=C(CC12CC3CC(CC(C3)C1)C2)Nc1cnn(COc2ccc(Br)cc2)c1. The van der Waals surface area contributed by atoms with E-state index >= 15 is 0 Å². The summed E-state index contributed by atoms with van der Waals surface area (Å²) in [6, 6.07) is 7.69. The topological polar surface area (TPSA) is 56.2 Å². The van der Waals surface area contributed by atoms with Crippen molar-refractivity contribution >= 4 is 27.5 Å². The van der Waals surface area contributed by atoms with Crippen LogP contribution >= 0.6 is 15.9 Å². The molecule has 1 amide bonds. The number of amides is 1. The number of nitrogens with zero attached hydrogens (tertiary/aromatic N) is 2. The lowest BCUT2D eigenvalue weighted by atomic mass is 9.49. The van der Waals surface area contributed by atoms with E-state index in [1.807, 2.05) is 30.5 Å². The molecule has 0 saturated heterocycles. The number of carbonyl (C=O) groups is 1. The van der Waals surface area contributed by atoms with Crippen molar-refractivity contribution in [2.45, 2.75) is 51.7 Å². The largest absolute Gasteiger partial charge is 0.471 e. The van der Waals surface area contributed by atoms with Crippen molar-refractivity contribution in [1.82, 2.24) is 9.78 Å². The second-order valence-electron chi connectivity index (χ2n) is 9.14. The maximum absolute atomic E-state index is 12.7. The summed E-state index contributed by atoms with van der Waals surface area (Å²) >= 11 is 3.41. The Kier molecular flexibility index (Phi) is 4.69. The highest BCUT2D eigenvalue weighted by atomic mass is 79.9. The third kappa shape index (κ3) is 3.84. The molecular weight excluding hydrogens is 418 g/mol. The second kappa shape index (κ2) is 7.21. The van der Waals surface area contributed by atoms with Crippen molar-refractivity contribution in [3.63, 3.8) is 0 Å². The molecule has 148 valence electrons. The van der Waals surface area contributed by atoms with Crippen molar-refractivity contribution in [3.8, 4) is 5.75 Å². The molecule has 1 heterocycles. The number of ether oxygens (including phenoxy) is 1. The number of aromatic nitrogens is 2. The zero-order chi connectivity index (χ0) is 19.1. The summed E-state index contributed by atoms with van der Waals surface area (Å²) in [5, 5.41) is 7.36. The lowest BCUT2D eigenvalue weighted by Gasteiger charge is -2.56. The standard InChI is InChI=1S/C22H26BrN3O2/c23-18-1-3-20(4-2-18)28-14-26-13-19(12-24-26)25-21(27)11-22-8-15-5-16(9-22)7-17(6-15)10-22/h1-4,12-13,15-17H,5-11,14H2,(H,25,27). The number of carbonyl (C=O) groups excluding carboxylic acids is 1. The van der Waals surface area contributed by atoms with Gasteiger partial charge >= 0.3 is 0 Å². The van der Waals surface area contributed by atoms with Crippen LogP contribution in [-0.2, 0) is 11.5 Å². The van der Waals surface area contributed by atoms with E-state index in [9.17, 15) is 4.79 Å². The van der Waals surface area contributed by atoms with Crippen molar-refractivity contribution in [1.29, 1.82) is 0 Å². The van der Waals surface area contributed by atoms with Crippen LogP contribution in [0.3, 0.4) is 0 Å². The van der Waals surface area contributed by atoms with E-state index < -0.39 is 0 Å². The quantitative estimate of drug-likeness (QED) is 0.664. The van der Waals surface area contributed by atoms with E-state index in [1.54, 1.807) is 10.9 Å². The Morgan fingerprint density at radius 3 is 2.43 bits per heavy atom. The first-order chi connectivity index (χ1) is 13.6. The molecule has 1 aromatic carbocycles. The number of nitrogens with one attached hydrogen (secondary N) is 1. The predicted octanol–water partition coefficient (Wildman–Crippen LogP) is 5.23. The monoisotopic (exact) mass is 443 g/mol. The van der Waals surface area contributed by atoms with Gasteiger partial charge in [-0.1, -0.05) is 15.9 Å².